The van der Waals surface area contributed by atoms with Crippen molar-refractivity contribution in [2.45, 2.75) is 64.8 Å². The van der Waals surface area contributed by atoms with Gasteiger partial charge in [0.25, 0.3) is 0 Å². The molecule has 0 unspecified atom stereocenters. The third-order valence-electron chi connectivity index (χ3n) is 3.32. The Labute approximate surface area is 119 Å². The maximum Gasteiger partial charge on any atom is 0.0294 e. The first kappa shape index (κ1) is 17.5. The fourth-order valence-electron chi connectivity index (χ4n) is 2.01. The first-order valence-corrected chi connectivity index (χ1v) is 6.81. The van der Waals surface area contributed by atoms with Crippen LogP contribution in [0.15, 0.2) is 24.3 Å². The van der Waals surface area contributed by atoms with E-state index in [4.69, 9.17) is 5.73 Å². The van der Waals surface area contributed by atoms with Gasteiger partial charge in [-0.15, -0.1) is 12.4 Å². The van der Waals surface area contributed by atoms with Gasteiger partial charge in [0.2, 0.25) is 0 Å². The molecular formula is C16H28ClN. The standard InChI is InChI=1S/C16H27N.ClH/c1-5-6-7-8-15(17)13-9-11-14(12-10-13)16(2,3)4;/h9-12,15H,5-8,17H2,1-4H3;1H/t15-;/m0./s1. The average Bonchev–Trinajstić information content (AvgIpc) is 2.28. The minimum absolute atomic E-state index is 0. The Morgan fingerprint density at radius 2 is 1.61 bits per heavy atom. The lowest BCUT2D eigenvalue weighted by atomic mass is 9.86. The van der Waals surface area contributed by atoms with Crippen LogP contribution in [0.3, 0.4) is 0 Å². The van der Waals surface area contributed by atoms with E-state index in [1.165, 1.54) is 30.4 Å². The van der Waals surface area contributed by atoms with E-state index < -0.39 is 0 Å². The van der Waals surface area contributed by atoms with Crippen molar-refractivity contribution in [3.8, 4) is 0 Å². The lowest BCUT2D eigenvalue weighted by molar-refractivity contribution is 0.575. The molecule has 0 aliphatic rings. The molecule has 0 aliphatic heterocycles. The second kappa shape index (κ2) is 7.81. The number of unbranched alkanes of at least 4 members (excludes halogenated alkanes) is 2. The van der Waals surface area contributed by atoms with E-state index in [9.17, 15) is 0 Å². The molecule has 0 bridgehead atoms. The molecule has 0 spiro atoms. The molecule has 0 fully saturated rings. The van der Waals surface area contributed by atoms with Crippen LogP contribution in [-0.2, 0) is 5.41 Å². The van der Waals surface area contributed by atoms with Gasteiger partial charge in [-0.25, -0.2) is 0 Å². The van der Waals surface area contributed by atoms with Crippen molar-refractivity contribution in [3.63, 3.8) is 0 Å². The lowest BCUT2D eigenvalue weighted by Gasteiger charge is -2.20. The van der Waals surface area contributed by atoms with Gasteiger partial charge in [0.05, 0.1) is 0 Å². The molecule has 2 N–H and O–H groups in total. The molecule has 1 rings (SSSR count). The number of hydrogen-bond donors (Lipinski definition) is 1. The molecule has 1 nitrogen and oxygen atoms in total. The van der Waals surface area contributed by atoms with Crippen molar-refractivity contribution in [2.24, 2.45) is 5.73 Å². The minimum atomic E-state index is 0. The van der Waals surface area contributed by atoms with Crippen LogP contribution in [0.5, 0.6) is 0 Å². The summed E-state index contributed by atoms with van der Waals surface area (Å²) < 4.78 is 0. The van der Waals surface area contributed by atoms with Gasteiger partial charge in [-0.05, 0) is 23.0 Å². The highest BCUT2D eigenvalue weighted by Crippen LogP contribution is 2.24. The summed E-state index contributed by atoms with van der Waals surface area (Å²) in [5, 5.41) is 0. The van der Waals surface area contributed by atoms with Gasteiger partial charge in [0.15, 0.2) is 0 Å². The van der Waals surface area contributed by atoms with Crippen LogP contribution in [0.2, 0.25) is 0 Å². The zero-order valence-corrected chi connectivity index (χ0v) is 13.0. The van der Waals surface area contributed by atoms with E-state index in [-0.39, 0.29) is 23.9 Å². The third-order valence-corrected chi connectivity index (χ3v) is 3.32. The summed E-state index contributed by atoms with van der Waals surface area (Å²) >= 11 is 0. The Hall–Kier alpha value is -0.530. The largest absolute Gasteiger partial charge is 0.324 e. The predicted molar refractivity (Wildman–Crippen MR) is 83.5 cm³/mol. The van der Waals surface area contributed by atoms with Crippen LogP contribution in [0.1, 0.15) is 70.5 Å². The summed E-state index contributed by atoms with van der Waals surface area (Å²) in [6.07, 6.45) is 4.88. The van der Waals surface area contributed by atoms with E-state index in [1.54, 1.807) is 0 Å². The first-order chi connectivity index (χ1) is 7.95. The Morgan fingerprint density at radius 1 is 1.06 bits per heavy atom. The van der Waals surface area contributed by atoms with E-state index in [2.05, 4.69) is 52.0 Å². The highest BCUT2D eigenvalue weighted by Gasteiger charge is 2.13. The molecule has 0 radical (unpaired) electrons. The van der Waals surface area contributed by atoms with Gasteiger partial charge in [-0.3, -0.25) is 0 Å². The van der Waals surface area contributed by atoms with Gasteiger partial charge in [0, 0.05) is 6.04 Å². The van der Waals surface area contributed by atoms with E-state index >= 15 is 0 Å². The second-order valence-corrected chi connectivity index (χ2v) is 5.97. The number of halogens is 1. The summed E-state index contributed by atoms with van der Waals surface area (Å²) in [6, 6.07) is 9.02. The maximum absolute atomic E-state index is 6.19. The fourth-order valence-corrected chi connectivity index (χ4v) is 2.01. The highest BCUT2D eigenvalue weighted by molar-refractivity contribution is 5.85. The molecule has 1 atom stereocenters. The van der Waals surface area contributed by atoms with E-state index in [0.717, 1.165) is 6.42 Å². The van der Waals surface area contributed by atoms with Crippen molar-refractivity contribution in [2.75, 3.05) is 0 Å². The third kappa shape index (κ3) is 5.41. The predicted octanol–water partition coefficient (Wildman–Crippen LogP) is 4.99. The molecule has 0 aromatic heterocycles. The number of hydrogen-bond acceptors (Lipinski definition) is 1. The Kier molecular flexibility index (Phi) is 7.58. The number of nitrogens with two attached hydrogens (primary N) is 1. The van der Waals surface area contributed by atoms with Crippen LogP contribution in [0.25, 0.3) is 0 Å². The van der Waals surface area contributed by atoms with Gasteiger partial charge in [-0.2, -0.15) is 0 Å². The summed E-state index contributed by atoms with van der Waals surface area (Å²) in [6.45, 7) is 8.94. The molecule has 2 heteroatoms. The fraction of sp³-hybridized carbons (Fsp3) is 0.625. The van der Waals surface area contributed by atoms with Crippen LogP contribution in [-0.4, -0.2) is 0 Å². The van der Waals surface area contributed by atoms with E-state index in [0.29, 0.717) is 0 Å². The normalized spacial score (nSPS) is 12.9. The molecule has 0 amide bonds. The summed E-state index contributed by atoms with van der Waals surface area (Å²) in [7, 11) is 0. The molecule has 1 aromatic rings. The smallest absolute Gasteiger partial charge is 0.0294 e. The topological polar surface area (TPSA) is 26.0 Å². The maximum atomic E-state index is 6.19. The Balaban J connectivity index is 0.00000289. The van der Waals surface area contributed by atoms with Crippen LogP contribution < -0.4 is 5.73 Å². The number of benzene rings is 1. The SMILES string of the molecule is CCCCC[C@H](N)c1ccc(C(C)(C)C)cc1.Cl. The van der Waals surface area contributed by atoms with Gasteiger partial charge in [-0.1, -0.05) is 71.2 Å². The van der Waals surface area contributed by atoms with Crippen molar-refractivity contribution in [1.29, 1.82) is 0 Å². The molecule has 0 saturated heterocycles. The minimum Gasteiger partial charge on any atom is -0.324 e. The van der Waals surface area contributed by atoms with Crippen molar-refractivity contribution >= 4 is 12.4 Å². The summed E-state index contributed by atoms with van der Waals surface area (Å²) in [5.41, 5.74) is 9.07. The van der Waals surface area contributed by atoms with Gasteiger partial charge >= 0.3 is 0 Å². The molecule has 1 aromatic carbocycles. The van der Waals surface area contributed by atoms with Gasteiger partial charge in [0.1, 0.15) is 0 Å². The van der Waals surface area contributed by atoms with Crippen LogP contribution >= 0.6 is 12.4 Å². The quantitative estimate of drug-likeness (QED) is 0.749. The highest BCUT2D eigenvalue weighted by atomic mass is 35.5. The molecule has 18 heavy (non-hydrogen) atoms. The lowest BCUT2D eigenvalue weighted by Crippen LogP contribution is -2.13. The molecular weight excluding hydrogens is 242 g/mol. The van der Waals surface area contributed by atoms with Crippen molar-refractivity contribution in [1.82, 2.24) is 0 Å². The Bertz CT molecular complexity index is 324. The van der Waals surface area contributed by atoms with Crippen molar-refractivity contribution in [3.05, 3.63) is 35.4 Å². The second-order valence-electron chi connectivity index (χ2n) is 5.97. The summed E-state index contributed by atoms with van der Waals surface area (Å²) in [4.78, 5) is 0. The summed E-state index contributed by atoms with van der Waals surface area (Å²) in [5.74, 6) is 0. The molecule has 0 aliphatic carbocycles. The Morgan fingerprint density at radius 3 is 2.06 bits per heavy atom. The van der Waals surface area contributed by atoms with Gasteiger partial charge < -0.3 is 5.73 Å². The molecule has 104 valence electrons. The van der Waals surface area contributed by atoms with Crippen molar-refractivity contribution < 1.29 is 0 Å². The molecule has 0 heterocycles. The first-order valence-electron chi connectivity index (χ1n) is 6.81. The monoisotopic (exact) mass is 269 g/mol. The zero-order valence-electron chi connectivity index (χ0n) is 12.2. The number of rotatable bonds is 5. The van der Waals surface area contributed by atoms with E-state index in [1.807, 2.05) is 0 Å². The average molecular weight is 270 g/mol. The van der Waals surface area contributed by atoms with Crippen LogP contribution in [0, 0.1) is 0 Å². The zero-order chi connectivity index (χ0) is 12.9. The van der Waals surface area contributed by atoms with Crippen LogP contribution in [0.4, 0.5) is 0 Å². The molecule has 0 saturated carbocycles.